The van der Waals surface area contributed by atoms with E-state index in [1.165, 1.54) is 19.3 Å². The van der Waals surface area contributed by atoms with Crippen LogP contribution in [0, 0.1) is 26.7 Å². The fourth-order valence-corrected chi connectivity index (χ4v) is 6.41. The molecule has 5 heteroatoms. The van der Waals surface area contributed by atoms with Crippen molar-refractivity contribution in [3.63, 3.8) is 0 Å². The molecule has 4 fully saturated rings. The number of carbonyl (C=O) groups excluding carboxylic acids is 1. The molecule has 0 heterocycles. The van der Waals surface area contributed by atoms with Crippen LogP contribution in [-0.2, 0) is 16.0 Å². The van der Waals surface area contributed by atoms with Crippen molar-refractivity contribution >= 4 is 34.5 Å². The van der Waals surface area contributed by atoms with Crippen molar-refractivity contribution in [2.45, 2.75) is 51.0 Å². The molecule has 4 aliphatic rings. The van der Waals surface area contributed by atoms with E-state index in [2.05, 4.69) is 27.9 Å². The van der Waals surface area contributed by atoms with Gasteiger partial charge in [-0.05, 0) is 96.6 Å². The summed E-state index contributed by atoms with van der Waals surface area (Å²) in [5, 5.41) is 12.5. The second-order valence-corrected chi connectivity index (χ2v) is 9.64. The smallest absolute Gasteiger partial charge is 0.326 e. The van der Waals surface area contributed by atoms with Gasteiger partial charge in [0, 0.05) is 15.4 Å². The summed E-state index contributed by atoms with van der Waals surface area (Å²) in [7, 11) is 0. The molecule has 1 amide bonds. The van der Waals surface area contributed by atoms with E-state index in [4.69, 9.17) is 0 Å². The first-order valence-corrected chi connectivity index (χ1v) is 10.3. The van der Waals surface area contributed by atoms with Crippen LogP contribution in [0.25, 0.3) is 0 Å². The first-order chi connectivity index (χ1) is 11.9. The van der Waals surface area contributed by atoms with Crippen LogP contribution in [0.2, 0.25) is 0 Å². The Labute approximate surface area is 161 Å². The number of aliphatic carboxylic acids is 1. The van der Waals surface area contributed by atoms with Crippen molar-refractivity contribution in [1.29, 1.82) is 0 Å². The molecule has 0 unspecified atom stereocenters. The van der Waals surface area contributed by atoms with Crippen LogP contribution in [0.4, 0.5) is 0 Å². The third-order valence-corrected chi connectivity index (χ3v) is 7.12. The fraction of sp³-hybridized carbons (Fsp3) is 0.600. The lowest BCUT2D eigenvalue weighted by atomic mass is 9.49. The van der Waals surface area contributed by atoms with Gasteiger partial charge in [-0.3, -0.25) is 4.79 Å². The van der Waals surface area contributed by atoms with Gasteiger partial charge in [0.2, 0.25) is 5.91 Å². The molecule has 1 aromatic carbocycles. The monoisotopic (exact) mass is 453 g/mol. The minimum absolute atomic E-state index is 0.00960. The van der Waals surface area contributed by atoms with Crippen LogP contribution in [0.15, 0.2) is 24.3 Å². The fourth-order valence-electron chi connectivity index (χ4n) is 5.80. The highest BCUT2D eigenvalue weighted by atomic mass is 127. The maximum absolute atomic E-state index is 13.1. The maximum atomic E-state index is 13.1. The van der Waals surface area contributed by atoms with E-state index < -0.39 is 12.0 Å². The number of benzene rings is 1. The second kappa shape index (κ2) is 6.56. The van der Waals surface area contributed by atoms with E-state index in [9.17, 15) is 14.7 Å². The average molecular weight is 453 g/mol. The molecule has 134 valence electrons. The van der Waals surface area contributed by atoms with Crippen molar-refractivity contribution in [3.8, 4) is 0 Å². The summed E-state index contributed by atoms with van der Waals surface area (Å²) in [6, 6.07) is 6.96. The van der Waals surface area contributed by atoms with Crippen molar-refractivity contribution in [3.05, 3.63) is 33.4 Å². The summed E-state index contributed by atoms with van der Waals surface area (Å²) in [5.41, 5.74) is 0.651. The maximum Gasteiger partial charge on any atom is 0.326 e. The van der Waals surface area contributed by atoms with E-state index in [1.807, 2.05) is 24.3 Å². The Kier molecular flexibility index (Phi) is 4.54. The quantitative estimate of drug-likeness (QED) is 0.670. The molecule has 4 saturated carbocycles. The lowest BCUT2D eigenvalue weighted by molar-refractivity contribution is -0.151. The normalized spacial score (nSPS) is 33.9. The zero-order valence-corrected chi connectivity index (χ0v) is 16.4. The molecule has 4 nitrogen and oxygen atoms in total. The molecule has 0 spiro atoms. The van der Waals surface area contributed by atoms with Crippen LogP contribution < -0.4 is 5.32 Å². The minimum Gasteiger partial charge on any atom is -0.480 e. The lowest BCUT2D eigenvalue weighted by Gasteiger charge is -2.55. The van der Waals surface area contributed by atoms with Crippen LogP contribution in [0.1, 0.15) is 44.1 Å². The molecule has 0 aromatic heterocycles. The zero-order valence-electron chi connectivity index (χ0n) is 14.2. The van der Waals surface area contributed by atoms with Gasteiger partial charge in [0.05, 0.1) is 0 Å². The number of halogens is 1. The summed E-state index contributed by atoms with van der Waals surface area (Å²) in [6.07, 6.45) is 7.04. The molecular weight excluding hydrogens is 429 g/mol. The standard InChI is InChI=1S/C20H24INO3/c21-16-3-1-2-12(7-16)8-17(18(23)24)22-19(25)20-9-13-4-14(10-20)6-15(5-13)11-20/h1-3,7,13-15,17H,4-6,8-11H2,(H,22,25)(H,23,24)/t13?,14?,15?,17-,20?/m0/s1. The first kappa shape index (κ1) is 17.3. The predicted octanol–water partition coefficient (Wildman–Crippen LogP) is 3.62. The van der Waals surface area contributed by atoms with Gasteiger partial charge < -0.3 is 10.4 Å². The Morgan fingerprint density at radius 1 is 1.16 bits per heavy atom. The van der Waals surface area contributed by atoms with E-state index in [0.29, 0.717) is 24.2 Å². The van der Waals surface area contributed by atoms with Gasteiger partial charge in [0.15, 0.2) is 0 Å². The molecule has 0 aliphatic heterocycles. The van der Waals surface area contributed by atoms with Gasteiger partial charge in [-0.1, -0.05) is 12.1 Å². The van der Waals surface area contributed by atoms with Crippen LogP contribution in [-0.4, -0.2) is 23.0 Å². The molecular formula is C20H24INO3. The van der Waals surface area contributed by atoms with Gasteiger partial charge in [0.25, 0.3) is 0 Å². The number of carboxylic acids is 1. The number of carboxylic acid groups (broad SMARTS) is 1. The van der Waals surface area contributed by atoms with E-state index in [1.54, 1.807) is 0 Å². The van der Waals surface area contributed by atoms with E-state index >= 15 is 0 Å². The highest BCUT2D eigenvalue weighted by molar-refractivity contribution is 14.1. The third-order valence-electron chi connectivity index (χ3n) is 6.45. The molecule has 5 rings (SSSR count). The number of hydrogen-bond donors (Lipinski definition) is 2. The Morgan fingerprint density at radius 2 is 1.76 bits per heavy atom. The summed E-state index contributed by atoms with van der Waals surface area (Å²) in [5.74, 6) is 1.07. The summed E-state index contributed by atoms with van der Waals surface area (Å²) < 4.78 is 1.08. The number of amides is 1. The number of rotatable bonds is 5. The first-order valence-electron chi connectivity index (χ1n) is 9.22. The van der Waals surface area contributed by atoms with Crippen molar-refractivity contribution in [2.75, 3.05) is 0 Å². The van der Waals surface area contributed by atoms with Crippen LogP contribution in [0.5, 0.6) is 0 Å². The van der Waals surface area contributed by atoms with E-state index in [0.717, 1.165) is 28.4 Å². The second-order valence-electron chi connectivity index (χ2n) is 8.40. The molecule has 25 heavy (non-hydrogen) atoms. The largest absolute Gasteiger partial charge is 0.480 e. The zero-order chi connectivity index (χ0) is 17.6. The Bertz CT molecular complexity index is 667. The van der Waals surface area contributed by atoms with Gasteiger partial charge in [-0.2, -0.15) is 0 Å². The molecule has 4 bridgehead atoms. The van der Waals surface area contributed by atoms with Crippen LogP contribution >= 0.6 is 22.6 Å². The van der Waals surface area contributed by atoms with Gasteiger partial charge in [0.1, 0.15) is 6.04 Å². The predicted molar refractivity (Wildman–Crippen MR) is 103 cm³/mol. The number of hydrogen-bond acceptors (Lipinski definition) is 2. The molecule has 4 aliphatic carbocycles. The molecule has 1 atom stereocenters. The molecule has 2 N–H and O–H groups in total. The summed E-state index contributed by atoms with van der Waals surface area (Å²) in [4.78, 5) is 24.8. The topological polar surface area (TPSA) is 66.4 Å². The lowest BCUT2D eigenvalue weighted by Crippen LogP contribution is -2.56. The van der Waals surface area contributed by atoms with Gasteiger partial charge in [-0.15, -0.1) is 0 Å². The van der Waals surface area contributed by atoms with Crippen molar-refractivity contribution in [2.24, 2.45) is 23.2 Å². The summed E-state index contributed by atoms with van der Waals surface area (Å²) in [6.45, 7) is 0. The minimum atomic E-state index is -0.947. The average Bonchev–Trinajstić information content (AvgIpc) is 2.52. The molecule has 0 saturated heterocycles. The van der Waals surface area contributed by atoms with E-state index in [-0.39, 0.29) is 11.3 Å². The Balaban J connectivity index is 1.49. The highest BCUT2D eigenvalue weighted by Gasteiger charge is 2.54. The van der Waals surface area contributed by atoms with Crippen LogP contribution in [0.3, 0.4) is 0 Å². The van der Waals surface area contributed by atoms with Gasteiger partial charge >= 0.3 is 5.97 Å². The molecule has 0 radical (unpaired) electrons. The highest BCUT2D eigenvalue weighted by Crippen LogP contribution is 2.60. The Hall–Kier alpha value is -1.11. The van der Waals surface area contributed by atoms with Gasteiger partial charge in [-0.25, -0.2) is 4.79 Å². The SMILES string of the molecule is O=C(O)[C@H](Cc1cccc(I)c1)NC(=O)C12CC3CC(CC(C3)C1)C2. The summed E-state index contributed by atoms with van der Waals surface area (Å²) >= 11 is 2.22. The molecule has 1 aromatic rings. The van der Waals surface area contributed by atoms with Crippen molar-refractivity contribution < 1.29 is 14.7 Å². The van der Waals surface area contributed by atoms with Crippen molar-refractivity contribution in [1.82, 2.24) is 5.32 Å². The third kappa shape index (κ3) is 3.44. The number of nitrogens with one attached hydrogen (secondary N) is 1. The Morgan fingerprint density at radius 3 is 2.28 bits per heavy atom. The number of carbonyl (C=O) groups is 2.